The number of hydrogen-bond donors (Lipinski definition) is 1. The Kier molecular flexibility index (Phi) is 7.42. The van der Waals surface area contributed by atoms with Crippen LogP contribution in [0.5, 0.6) is 5.75 Å². The van der Waals surface area contributed by atoms with Gasteiger partial charge < -0.3 is 10.5 Å². The summed E-state index contributed by atoms with van der Waals surface area (Å²) in [6, 6.07) is 3.94. The first-order chi connectivity index (χ1) is 8.77. The molecule has 1 rings (SSSR count). The molecule has 0 atom stereocenters. The molecule has 0 bridgehead atoms. The normalized spacial score (nSPS) is 10.6. The molecule has 102 valence electrons. The van der Waals surface area contributed by atoms with Crippen molar-refractivity contribution in [2.75, 3.05) is 6.61 Å². The summed E-state index contributed by atoms with van der Waals surface area (Å²) in [6.07, 6.45) is 7.66. The van der Waals surface area contributed by atoms with E-state index in [2.05, 4.69) is 11.9 Å². The third-order valence-corrected chi connectivity index (χ3v) is 3.02. The molecule has 0 aliphatic carbocycles. The van der Waals surface area contributed by atoms with Gasteiger partial charge in [-0.25, -0.2) is 0 Å². The van der Waals surface area contributed by atoms with E-state index in [0.717, 1.165) is 30.2 Å². The molecule has 18 heavy (non-hydrogen) atoms. The van der Waals surface area contributed by atoms with Crippen molar-refractivity contribution in [1.82, 2.24) is 4.98 Å². The molecule has 0 saturated heterocycles. The Morgan fingerprint density at radius 2 is 1.83 bits per heavy atom. The van der Waals surface area contributed by atoms with Crippen molar-refractivity contribution in [3.63, 3.8) is 0 Å². The van der Waals surface area contributed by atoms with Gasteiger partial charge in [0, 0.05) is 12.2 Å². The summed E-state index contributed by atoms with van der Waals surface area (Å²) < 4.78 is 5.75. The van der Waals surface area contributed by atoms with E-state index in [1.54, 1.807) is 0 Å². The molecule has 2 N–H and O–H groups in total. The molecule has 0 aromatic carbocycles. The molecule has 1 aromatic rings. The average molecular weight is 250 g/mol. The molecule has 0 unspecified atom stereocenters. The molecule has 0 radical (unpaired) electrons. The lowest BCUT2D eigenvalue weighted by Crippen LogP contribution is -2.06. The number of ether oxygens (including phenoxy) is 1. The van der Waals surface area contributed by atoms with Gasteiger partial charge in [0.2, 0.25) is 0 Å². The highest BCUT2D eigenvalue weighted by atomic mass is 16.5. The summed E-state index contributed by atoms with van der Waals surface area (Å²) in [5, 5.41) is 0. The van der Waals surface area contributed by atoms with Gasteiger partial charge in [0.15, 0.2) is 0 Å². The molecule has 0 fully saturated rings. The molecule has 0 amide bonds. The van der Waals surface area contributed by atoms with Gasteiger partial charge in [0.1, 0.15) is 5.75 Å². The van der Waals surface area contributed by atoms with Crippen molar-refractivity contribution < 1.29 is 4.74 Å². The Labute approximate surface area is 111 Å². The Bertz CT molecular complexity index is 339. The lowest BCUT2D eigenvalue weighted by molar-refractivity contribution is 0.300. The van der Waals surface area contributed by atoms with Crippen LogP contribution in [0.3, 0.4) is 0 Å². The van der Waals surface area contributed by atoms with Crippen molar-refractivity contribution >= 4 is 0 Å². The monoisotopic (exact) mass is 250 g/mol. The molecule has 1 aromatic heterocycles. The second-order valence-electron chi connectivity index (χ2n) is 4.72. The molecule has 1 heterocycles. The minimum atomic E-state index is 0.438. The van der Waals surface area contributed by atoms with Gasteiger partial charge in [-0.05, 0) is 25.5 Å². The number of nitrogens with two attached hydrogens (primary N) is 1. The zero-order chi connectivity index (χ0) is 13.2. The second-order valence-corrected chi connectivity index (χ2v) is 4.72. The maximum Gasteiger partial charge on any atom is 0.142 e. The first-order valence-electron chi connectivity index (χ1n) is 7.07. The summed E-state index contributed by atoms with van der Waals surface area (Å²) in [5.74, 6) is 0.844. The Morgan fingerprint density at radius 1 is 1.11 bits per heavy atom. The molecule has 0 aliphatic rings. The number of hydrogen-bond acceptors (Lipinski definition) is 3. The Morgan fingerprint density at radius 3 is 2.56 bits per heavy atom. The average Bonchev–Trinajstić information content (AvgIpc) is 2.39. The smallest absolute Gasteiger partial charge is 0.142 e. The number of nitrogens with zero attached hydrogens (tertiary/aromatic N) is 1. The maximum atomic E-state index is 5.75. The van der Waals surface area contributed by atoms with E-state index in [1.807, 2.05) is 19.1 Å². The minimum absolute atomic E-state index is 0.438. The van der Waals surface area contributed by atoms with Crippen LogP contribution in [0.15, 0.2) is 12.1 Å². The lowest BCUT2D eigenvalue weighted by atomic mass is 10.1. The third-order valence-electron chi connectivity index (χ3n) is 3.02. The summed E-state index contributed by atoms with van der Waals surface area (Å²) in [4.78, 5) is 4.38. The highest BCUT2D eigenvalue weighted by Gasteiger charge is 2.03. The fourth-order valence-electron chi connectivity index (χ4n) is 1.94. The fraction of sp³-hybridized carbons (Fsp3) is 0.667. The van der Waals surface area contributed by atoms with Gasteiger partial charge in [-0.1, -0.05) is 39.0 Å². The molecule has 0 saturated carbocycles. The van der Waals surface area contributed by atoms with E-state index in [-0.39, 0.29) is 0 Å². The van der Waals surface area contributed by atoms with Crippen LogP contribution in [-0.4, -0.2) is 11.6 Å². The number of aromatic nitrogens is 1. The van der Waals surface area contributed by atoms with Crippen molar-refractivity contribution in [2.45, 2.75) is 58.9 Å². The number of aryl methyl sites for hydroxylation is 1. The first kappa shape index (κ1) is 15.0. The Balaban J connectivity index is 2.22. The van der Waals surface area contributed by atoms with Crippen LogP contribution >= 0.6 is 0 Å². The molecular formula is C15H26N2O. The summed E-state index contributed by atoms with van der Waals surface area (Å²) in [5.41, 5.74) is 7.51. The van der Waals surface area contributed by atoms with Gasteiger partial charge in [-0.15, -0.1) is 0 Å². The van der Waals surface area contributed by atoms with Crippen LogP contribution in [0, 0.1) is 6.92 Å². The van der Waals surface area contributed by atoms with Crippen LogP contribution in [0.4, 0.5) is 0 Å². The molecule has 0 aliphatic heterocycles. The SMILES string of the molecule is CCCCCCCCOc1ccc(C)nc1CN. The first-order valence-corrected chi connectivity index (χ1v) is 7.07. The quantitative estimate of drug-likeness (QED) is 0.681. The zero-order valence-electron chi connectivity index (χ0n) is 11.7. The summed E-state index contributed by atoms with van der Waals surface area (Å²) in [6.45, 7) is 5.41. The van der Waals surface area contributed by atoms with Crippen LogP contribution in [0.1, 0.15) is 56.8 Å². The van der Waals surface area contributed by atoms with E-state index >= 15 is 0 Å². The summed E-state index contributed by atoms with van der Waals surface area (Å²) in [7, 11) is 0. The van der Waals surface area contributed by atoms with Crippen molar-refractivity contribution in [2.24, 2.45) is 5.73 Å². The van der Waals surface area contributed by atoms with Crippen LogP contribution in [-0.2, 0) is 6.54 Å². The number of pyridine rings is 1. The van der Waals surface area contributed by atoms with Gasteiger partial charge in [-0.3, -0.25) is 4.98 Å². The van der Waals surface area contributed by atoms with Crippen LogP contribution in [0.25, 0.3) is 0 Å². The lowest BCUT2D eigenvalue weighted by Gasteiger charge is -2.10. The third kappa shape index (κ3) is 5.50. The summed E-state index contributed by atoms with van der Waals surface area (Å²) >= 11 is 0. The largest absolute Gasteiger partial charge is 0.492 e. The van der Waals surface area contributed by atoms with Gasteiger partial charge in [0.25, 0.3) is 0 Å². The van der Waals surface area contributed by atoms with E-state index in [0.29, 0.717) is 6.54 Å². The predicted octanol–water partition coefficient (Wildman–Crippen LogP) is 3.59. The molecule has 3 heteroatoms. The zero-order valence-corrected chi connectivity index (χ0v) is 11.7. The van der Waals surface area contributed by atoms with E-state index < -0.39 is 0 Å². The Hall–Kier alpha value is -1.09. The fourth-order valence-corrected chi connectivity index (χ4v) is 1.94. The molecule has 0 spiro atoms. The van der Waals surface area contributed by atoms with Crippen LogP contribution in [0.2, 0.25) is 0 Å². The van der Waals surface area contributed by atoms with E-state index in [9.17, 15) is 0 Å². The highest BCUT2D eigenvalue weighted by molar-refractivity contribution is 5.29. The van der Waals surface area contributed by atoms with Gasteiger partial charge in [-0.2, -0.15) is 0 Å². The molecule has 3 nitrogen and oxygen atoms in total. The number of rotatable bonds is 9. The van der Waals surface area contributed by atoms with E-state index in [4.69, 9.17) is 10.5 Å². The topological polar surface area (TPSA) is 48.1 Å². The number of unbranched alkanes of at least 4 members (excludes halogenated alkanes) is 5. The standard InChI is InChI=1S/C15H26N2O/c1-3-4-5-6-7-8-11-18-15-10-9-13(2)17-14(15)12-16/h9-10H,3-8,11-12,16H2,1-2H3. The van der Waals surface area contributed by atoms with Crippen molar-refractivity contribution in [3.8, 4) is 5.75 Å². The van der Waals surface area contributed by atoms with E-state index in [1.165, 1.54) is 32.1 Å². The highest BCUT2D eigenvalue weighted by Crippen LogP contribution is 2.17. The minimum Gasteiger partial charge on any atom is -0.492 e. The second kappa shape index (κ2) is 8.92. The van der Waals surface area contributed by atoms with Crippen molar-refractivity contribution in [3.05, 3.63) is 23.5 Å². The molecular weight excluding hydrogens is 224 g/mol. The van der Waals surface area contributed by atoms with Gasteiger partial charge in [0.05, 0.1) is 12.3 Å². The van der Waals surface area contributed by atoms with Crippen molar-refractivity contribution in [1.29, 1.82) is 0 Å². The maximum absolute atomic E-state index is 5.75. The van der Waals surface area contributed by atoms with Crippen LogP contribution < -0.4 is 10.5 Å². The van der Waals surface area contributed by atoms with Gasteiger partial charge >= 0.3 is 0 Å². The predicted molar refractivity (Wildman–Crippen MR) is 75.7 cm³/mol.